The second kappa shape index (κ2) is 9.23. The topological polar surface area (TPSA) is 138 Å². The predicted octanol–water partition coefficient (Wildman–Crippen LogP) is 0.814. The zero-order valence-corrected chi connectivity index (χ0v) is 16.5. The number of primary amides is 1. The van der Waals surface area contributed by atoms with Gasteiger partial charge in [-0.25, -0.2) is 0 Å². The molecule has 158 valence electrons. The number of benzene rings is 2. The fourth-order valence-electron chi connectivity index (χ4n) is 2.55. The predicted molar refractivity (Wildman–Crippen MR) is 105 cm³/mol. The van der Waals surface area contributed by atoms with E-state index in [0.717, 1.165) is 0 Å². The maximum atomic E-state index is 12.4. The number of nitrogens with two attached hydrogens (primary N) is 1. The van der Waals surface area contributed by atoms with Crippen molar-refractivity contribution in [3.8, 4) is 23.0 Å². The summed E-state index contributed by atoms with van der Waals surface area (Å²) in [5.74, 6) is -0.830. The summed E-state index contributed by atoms with van der Waals surface area (Å²) in [5.41, 5.74) is 9.66. The van der Waals surface area contributed by atoms with E-state index >= 15 is 0 Å². The number of methoxy groups -OCH3 is 1. The van der Waals surface area contributed by atoms with E-state index in [4.69, 9.17) is 36.3 Å². The minimum atomic E-state index is -0.942. The zero-order chi connectivity index (χ0) is 21.7. The van der Waals surface area contributed by atoms with Crippen LogP contribution in [0.1, 0.15) is 10.4 Å². The summed E-state index contributed by atoms with van der Waals surface area (Å²) in [4.78, 5) is 35.6. The molecule has 0 radical (unpaired) electrons. The van der Waals surface area contributed by atoms with Crippen LogP contribution in [0.25, 0.3) is 0 Å². The standard InChI is InChI=1S/C19H18ClN3O7/c1-27-14-7-10(6-11(20)17(14)29-9-16(21)24)18(25)22-23-19(26)15-8-28-12-4-2-3-5-13(12)30-15/h2-7,15H,8-9H2,1H3,(H2,21,24)(H,22,25)(H,23,26). The number of ether oxygens (including phenoxy) is 4. The highest BCUT2D eigenvalue weighted by Gasteiger charge is 2.27. The van der Waals surface area contributed by atoms with Gasteiger partial charge in [-0.1, -0.05) is 23.7 Å². The van der Waals surface area contributed by atoms with Crippen LogP contribution in [0.5, 0.6) is 23.0 Å². The lowest BCUT2D eigenvalue weighted by molar-refractivity contribution is -0.131. The number of carbonyl (C=O) groups excluding carboxylic acids is 3. The summed E-state index contributed by atoms with van der Waals surface area (Å²) < 4.78 is 21.4. The van der Waals surface area contributed by atoms with Crippen molar-refractivity contribution in [2.45, 2.75) is 6.10 Å². The van der Waals surface area contributed by atoms with Gasteiger partial charge in [0.1, 0.15) is 6.61 Å². The van der Waals surface area contributed by atoms with Gasteiger partial charge in [-0.2, -0.15) is 0 Å². The van der Waals surface area contributed by atoms with E-state index in [2.05, 4.69) is 10.9 Å². The molecule has 0 aliphatic carbocycles. The first kappa shape index (κ1) is 21.1. The van der Waals surface area contributed by atoms with Crippen molar-refractivity contribution < 1.29 is 33.3 Å². The van der Waals surface area contributed by atoms with Crippen LogP contribution in [0.4, 0.5) is 0 Å². The third-order valence-electron chi connectivity index (χ3n) is 3.95. The number of hydrogen-bond donors (Lipinski definition) is 3. The molecular weight excluding hydrogens is 418 g/mol. The highest BCUT2D eigenvalue weighted by atomic mass is 35.5. The van der Waals surface area contributed by atoms with E-state index in [9.17, 15) is 14.4 Å². The molecule has 2 aromatic rings. The lowest BCUT2D eigenvalue weighted by Gasteiger charge is -2.25. The third kappa shape index (κ3) is 4.84. The molecule has 1 unspecified atom stereocenters. The molecule has 0 saturated carbocycles. The van der Waals surface area contributed by atoms with Gasteiger partial charge in [0.15, 0.2) is 29.6 Å². The van der Waals surface area contributed by atoms with Gasteiger partial charge in [0, 0.05) is 5.56 Å². The van der Waals surface area contributed by atoms with Crippen molar-refractivity contribution in [3.05, 3.63) is 47.0 Å². The van der Waals surface area contributed by atoms with Crippen LogP contribution >= 0.6 is 11.6 Å². The van der Waals surface area contributed by atoms with Crippen molar-refractivity contribution in [2.75, 3.05) is 20.3 Å². The van der Waals surface area contributed by atoms with Crippen molar-refractivity contribution >= 4 is 29.3 Å². The van der Waals surface area contributed by atoms with Crippen LogP contribution in [0.15, 0.2) is 36.4 Å². The van der Waals surface area contributed by atoms with Crippen molar-refractivity contribution in [3.63, 3.8) is 0 Å². The molecule has 0 spiro atoms. The summed E-state index contributed by atoms with van der Waals surface area (Å²) in [6, 6.07) is 9.55. The maximum Gasteiger partial charge on any atom is 0.283 e. The van der Waals surface area contributed by atoms with Gasteiger partial charge in [-0.3, -0.25) is 25.2 Å². The minimum Gasteiger partial charge on any atom is -0.493 e. The van der Waals surface area contributed by atoms with Gasteiger partial charge in [-0.05, 0) is 24.3 Å². The fourth-order valence-corrected chi connectivity index (χ4v) is 2.82. The number of amides is 3. The Hall–Kier alpha value is -3.66. The molecule has 3 rings (SSSR count). The number of nitrogens with one attached hydrogen (secondary N) is 2. The van der Waals surface area contributed by atoms with Gasteiger partial charge in [0.05, 0.1) is 12.1 Å². The molecule has 3 amide bonds. The third-order valence-corrected chi connectivity index (χ3v) is 4.23. The molecule has 1 atom stereocenters. The average Bonchev–Trinajstić information content (AvgIpc) is 2.75. The number of para-hydroxylation sites is 2. The number of halogens is 1. The molecule has 4 N–H and O–H groups in total. The van der Waals surface area contributed by atoms with Gasteiger partial charge in [0.2, 0.25) is 6.10 Å². The summed E-state index contributed by atoms with van der Waals surface area (Å²) in [7, 11) is 1.34. The lowest BCUT2D eigenvalue weighted by atomic mass is 10.2. The molecule has 10 nitrogen and oxygen atoms in total. The van der Waals surface area contributed by atoms with Crippen molar-refractivity contribution in [1.29, 1.82) is 0 Å². The molecule has 0 fully saturated rings. The first-order valence-electron chi connectivity index (χ1n) is 8.66. The Labute approximate surface area is 176 Å². The van der Waals surface area contributed by atoms with Crippen LogP contribution < -0.4 is 35.5 Å². The molecule has 2 aromatic carbocycles. The summed E-state index contributed by atoms with van der Waals surface area (Å²) >= 11 is 6.11. The van der Waals surface area contributed by atoms with E-state index < -0.39 is 30.4 Å². The van der Waals surface area contributed by atoms with E-state index in [1.165, 1.54) is 19.2 Å². The van der Waals surface area contributed by atoms with Gasteiger partial charge in [0.25, 0.3) is 17.7 Å². The molecule has 0 aromatic heterocycles. The zero-order valence-electron chi connectivity index (χ0n) is 15.8. The van der Waals surface area contributed by atoms with Crippen LogP contribution in [-0.4, -0.2) is 44.1 Å². The highest BCUT2D eigenvalue weighted by molar-refractivity contribution is 6.32. The van der Waals surface area contributed by atoms with Crippen molar-refractivity contribution in [2.24, 2.45) is 5.73 Å². The first-order valence-corrected chi connectivity index (χ1v) is 9.04. The number of hydrazine groups is 1. The normalized spacial score (nSPS) is 14.4. The highest BCUT2D eigenvalue weighted by Crippen LogP contribution is 2.36. The molecule has 1 aliphatic heterocycles. The molecule has 11 heteroatoms. The number of rotatable bonds is 6. The Bertz CT molecular complexity index is 983. The Morgan fingerprint density at radius 1 is 1.20 bits per heavy atom. The van der Waals surface area contributed by atoms with Gasteiger partial charge >= 0.3 is 0 Å². The second-order valence-electron chi connectivity index (χ2n) is 6.05. The Morgan fingerprint density at radius 3 is 2.63 bits per heavy atom. The van der Waals surface area contributed by atoms with E-state index in [0.29, 0.717) is 11.5 Å². The van der Waals surface area contributed by atoms with Crippen LogP contribution in [0.3, 0.4) is 0 Å². The quantitative estimate of drug-likeness (QED) is 0.571. The molecule has 30 heavy (non-hydrogen) atoms. The SMILES string of the molecule is COc1cc(C(=O)NNC(=O)C2COc3ccccc3O2)cc(Cl)c1OCC(N)=O. The number of fused-ring (bicyclic) bond motifs is 1. The van der Waals surface area contributed by atoms with Gasteiger partial charge < -0.3 is 24.7 Å². The smallest absolute Gasteiger partial charge is 0.283 e. The second-order valence-corrected chi connectivity index (χ2v) is 6.46. The largest absolute Gasteiger partial charge is 0.493 e. The average molecular weight is 436 g/mol. The first-order chi connectivity index (χ1) is 14.4. The van der Waals surface area contributed by atoms with E-state index in [-0.39, 0.29) is 28.7 Å². The molecule has 0 saturated heterocycles. The van der Waals surface area contributed by atoms with Crippen LogP contribution in [0.2, 0.25) is 5.02 Å². The summed E-state index contributed by atoms with van der Waals surface area (Å²) in [6.45, 7) is -0.422. The van der Waals surface area contributed by atoms with E-state index in [1.807, 2.05) is 0 Å². The fraction of sp³-hybridized carbons (Fsp3) is 0.211. The number of carbonyl (C=O) groups is 3. The molecule has 0 bridgehead atoms. The minimum absolute atomic E-state index is 0.00966. The summed E-state index contributed by atoms with van der Waals surface area (Å²) in [6.07, 6.45) is -0.942. The van der Waals surface area contributed by atoms with E-state index in [1.54, 1.807) is 24.3 Å². The van der Waals surface area contributed by atoms with Crippen LogP contribution in [-0.2, 0) is 9.59 Å². The monoisotopic (exact) mass is 435 g/mol. The lowest BCUT2D eigenvalue weighted by Crippen LogP contribution is -2.50. The van der Waals surface area contributed by atoms with Crippen molar-refractivity contribution in [1.82, 2.24) is 10.9 Å². The molecule has 1 heterocycles. The Morgan fingerprint density at radius 2 is 1.93 bits per heavy atom. The maximum absolute atomic E-state index is 12.4. The molecular formula is C19H18ClN3O7. The van der Waals surface area contributed by atoms with Crippen LogP contribution in [0, 0.1) is 0 Å². The Kier molecular flexibility index (Phi) is 6.48. The Balaban J connectivity index is 1.62. The molecule has 1 aliphatic rings. The number of hydrogen-bond acceptors (Lipinski definition) is 7. The summed E-state index contributed by atoms with van der Waals surface area (Å²) in [5, 5.41) is 0.0210. The van der Waals surface area contributed by atoms with Gasteiger partial charge in [-0.15, -0.1) is 0 Å².